The van der Waals surface area contributed by atoms with E-state index < -0.39 is 6.10 Å². The molecule has 0 radical (unpaired) electrons. The van der Waals surface area contributed by atoms with E-state index in [1.165, 1.54) is 5.56 Å². The molecule has 2 fully saturated rings. The van der Waals surface area contributed by atoms with Gasteiger partial charge in [-0.15, -0.1) is 0 Å². The van der Waals surface area contributed by atoms with Crippen molar-refractivity contribution in [2.24, 2.45) is 11.3 Å². The molecule has 1 aliphatic heterocycles. The van der Waals surface area contributed by atoms with Crippen molar-refractivity contribution in [1.29, 1.82) is 0 Å². The third-order valence-electron chi connectivity index (χ3n) is 5.72. The molecule has 4 nitrogen and oxygen atoms in total. The molecule has 0 aromatic heterocycles. The third kappa shape index (κ3) is 3.43. The van der Waals surface area contributed by atoms with E-state index >= 15 is 0 Å². The maximum Gasteiger partial charge on any atom is 0.306 e. The third-order valence-corrected chi connectivity index (χ3v) is 5.72. The van der Waals surface area contributed by atoms with E-state index in [0.29, 0.717) is 19.3 Å². The molecule has 1 saturated carbocycles. The van der Waals surface area contributed by atoms with Gasteiger partial charge in [-0.25, -0.2) is 0 Å². The Labute approximate surface area is 137 Å². The Morgan fingerprint density at radius 2 is 2.04 bits per heavy atom. The predicted octanol–water partition coefficient (Wildman–Crippen LogP) is 2.46. The number of aliphatic hydroxyl groups excluding tert-OH is 2. The van der Waals surface area contributed by atoms with Crippen molar-refractivity contribution < 1.29 is 19.7 Å². The molecule has 1 aromatic carbocycles. The SMILES string of the molecule is C[C@]12CC(=O)O[C@H]1C[C@@H](O)[C@@H]2CCC(O)CCc1ccccc1. The van der Waals surface area contributed by atoms with Gasteiger partial charge in [-0.2, -0.15) is 0 Å². The van der Waals surface area contributed by atoms with Gasteiger partial charge in [0.15, 0.2) is 0 Å². The van der Waals surface area contributed by atoms with Gasteiger partial charge in [-0.3, -0.25) is 4.79 Å². The minimum absolute atomic E-state index is 0.0327. The first-order chi connectivity index (χ1) is 11.0. The molecule has 0 amide bonds. The number of fused-ring (bicyclic) bond motifs is 1. The van der Waals surface area contributed by atoms with Crippen LogP contribution in [0.25, 0.3) is 0 Å². The minimum atomic E-state index is -0.431. The lowest BCUT2D eigenvalue weighted by Gasteiger charge is -2.30. The maximum atomic E-state index is 11.6. The van der Waals surface area contributed by atoms with Gasteiger partial charge in [0.25, 0.3) is 0 Å². The van der Waals surface area contributed by atoms with E-state index in [-0.39, 0.29) is 29.5 Å². The van der Waals surface area contributed by atoms with Gasteiger partial charge in [-0.1, -0.05) is 37.3 Å². The second-order valence-electron chi connectivity index (χ2n) is 7.33. The Bertz CT molecular complexity index is 544. The van der Waals surface area contributed by atoms with Crippen molar-refractivity contribution in [1.82, 2.24) is 0 Å². The van der Waals surface area contributed by atoms with Crippen LogP contribution in [0, 0.1) is 11.3 Å². The molecule has 0 bridgehead atoms. The average molecular weight is 318 g/mol. The number of ether oxygens (including phenoxy) is 1. The van der Waals surface area contributed by atoms with E-state index in [4.69, 9.17) is 4.74 Å². The van der Waals surface area contributed by atoms with Crippen LogP contribution in [0.2, 0.25) is 0 Å². The Morgan fingerprint density at radius 3 is 2.78 bits per heavy atom. The second kappa shape index (κ2) is 6.62. The van der Waals surface area contributed by atoms with Crippen LogP contribution in [0.3, 0.4) is 0 Å². The van der Waals surface area contributed by atoms with Crippen LogP contribution in [-0.2, 0) is 16.0 Å². The number of esters is 1. The monoisotopic (exact) mass is 318 g/mol. The largest absolute Gasteiger partial charge is 0.462 e. The Kier molecular flexibility index (Phi) is 4.74. The van der Waals surface area contributed by atoms with Crippen LogP contribution in [-0.4, -0.2) is 34.5 Å². The summed E-state index contributed by atoms with van der Waals surface area (Å²) in [5.74, 6) is -0.121. The molecule has 5 atom stereocenters. The number of carbonyl (C=O) groups excluding carboxylic acids is 1. The summed E-state index contributed by atoms with van der Waals surface area (Å²) in [6, 6.07) is 10.1. The van der Waals surface area contributed by atoms with Gasteiger partial charge in [0.1, 0.15) is 6.10 Å². The summed E-state index contributed by atoms with van der Waals surface area (Å²) in [4.78, 5) is 11.6. The summed E-state index contributed by atoms with van der Waals surface area (Å²) in [5.41, 5.74) is 0.963. The fraction of sp³-hybridized carbons (Fsp3) is 0.632. The van der Waals surface area contributed by atoms with Crippen molar-refractivity contribution in [2.75, 3.05) is 0 Å². The summed E-state index contributed by atoms with van der Waals surface area (Å²) in [6.45, 7) is 2.04. The van der Waals surface area contributed by atoms with Crippen LogP contribution < -0.4 is 0 Å². The first kappa shape index (κ1) is 16.5. The molecule has 1 aromatic rings. The summed E-state index contributed by atoms with van der Waals surface area (Å²) >= 11 is 0. The average Bonchev–Trinajstić information content (AvgIpc) is 2.92. The van der Waals surface area contributed by atoms with Crippen molar-refractivity contribution in [3.05, 3.63) is 35.9 Å². The van der Waals surface area contributed by atoms with Gasteiger partial charge in [-0.05, 0) is 37.2 Å². The van der Waals surface area contributed by atoms with E-state index in [9.17, 15) is 15.0 Å². The Hall–Kier alpha value is -1.39. The predicted molar refractivity (Wildman–Crippen MR) is 86.7 cm³/mol. The molecule has 2 aliphatic rings. The van der Waals surface area contributed by atoms with Crippen molar-refractivity contribution in [3.8, 4) is 0 Å². The second-order valence-corrected chi connectivity index (χ2v) is 7.33. The van der Waals surface area contributed by atoms with Gasteiger partial charge < -0.3 is 14.9 Å². The van der Waals surface area contributed by atoms with Crippen molar-refractivity contribution >= 4 is 5.97 Å². The summed E-state index contributed by atoms with van der Waals surface area (Å²) in [5, 5.41) is 20.5. The van der Waals surface area contributed by atoms with E-state index in [1.54, 1.807) is 0 Å². The fourth-order valence-corrected chi connectivity index (χ4v) is 4.29. The molecule has 4 heteroatoms. The lowest BCUT2D eigenvalue weighted by Crippen LogP contribution is -2.31. The molecular weight excluding hydrogens is 292 g/mol. The molecule has 3 rings (SSSR count). The molecule has 1 saturated heterocycles. The molecule has 1 heterocycles. The molecule has 2 N–H and O–H groups in total. The zero-order chi connectivity index (χ0) is 16.4. The van der Waals surface area contributed by atoms with Crippen LogP contribution in [0.4, 0.5) is 0 Å². The number of rotatable bonds is 6. The minimum Gasteiger partial charge on any atom is -0.462 e. The van der Waals surface area contributed by atoms with Gasteiger partial charge in [0.2, 0.25) is 0 Å². The molecule has 1 unspecified atom stereocenters. The quantitative estimate of drug-likeness (QED) is 0.791. The highest BCUT2D eigenvalue weighted by molar-refractivity contribution is 5.73. The highest BCUT2D eigenvalue weighted by Gasteiger charge is 2.58. The smallest absolute Gasteiger partial charge is 0.306 e. The zero-order valence-electron chi connectivity index (χ0n) is 13.6. The van der Waals surface area contributed by atoms with Crippen LogP contribution in [0.1, 0.15) is 44.6 Å². The van der Waals surface area contributed by atoms with Crippen molar-refractivity contribution in [3.63, 3.8) is 0 Å². The topological polar surface area (TPSA) is 66.8 Å². The molecule has 126 valence electrons. The van der Waals surface area contributed by atoms with Crippen LogP contribution >= 0.6 is 0 Å². The number of aliphatic hydroxyl groups is 2. The van der Waals surface area contributed by atoms with E-state index in [2.05, 4.69) is 12.1 Å². The number of hydrogen-bond acceptors (Lipinski definition) is 4. The van der Waals surface area contributed by atoms with Crippen LogP contribution in [0.15, 0.2) is 30.3 Å². The number of hydrogen-bond donors (Lipinski definition) is 2. The molecule has 1 aliphatic carbocycles. The number of benzene rings is 1. The standard InChI is InChI=1S/C19H26O4/c1-19-12-18(22)23-17(19)11-16(21)15(19)10-9-14(20)8-7-13-5-3-2-4-6-13/h2-6,14-17,20-21H,7-12H2,1H3/t14?,15-,16+,17-,19+/m0/s1. The van der Waals surface area contributed by atoms with Crippen LogP contribution in [0.5, 0.6) is 0 Å². The lowest BCUT2D eigenvalue weighted by atomic mass is 9.74. The fourth-order valence-electron chi connectivity index (χ4n) is 4.29. The Balaban J connectivity index is 1.50. The summed E-state index contributed by atoms with van der Waals surface area (Å²) < 4.78 is 5.34. The summed E-state index contributed by atoms with van der Waals surface area (Å²) in [7, 11) is 0. The van der Waals surface area contributed by atoms with Gasteiger partial charge in [0, 0.05) is 11.8 Å². The maximum absolute atomic E-state index is 11.6. The van der Waals surface area contributed by atoms with Gasteiger partial charge >= 0.3 is 5.97 Å². The highest BCUT2D eigenvalue weighted by Crippen LogP contribution is 2.53. The summed E-state index contributed by atoms with van der Waals surface area (Å²) in [6.07, 6.45) is 2.94. The zero-order valence-corrected chi connectivity index (χ0v) is 13.6. The van der Waals surface area contributed by atoms with Crippen molar-refractivity contribution in [2.45, 2.75) is 63.8 Å². The molecule has 0 spiro atoms. The lowest BCUT2D eigenvalue weighted by molar-refractivity contribution is -0.142. The first-order valence-electron chi connectivity index (χ1n) is 8.58. The molecule has 23 heavy (non-hydrogen) atoms. The van der Waals surface area contributed by atoms with E-state index in [0.717, 1.165) is 19.3 Å². The Morgan fingerprint density at radius 1 is 1.30 bits per heavy atom. The first-order valence-corrected chi connectivity index (χ1v) is 8.58. The highest BCUT2D eigenvalue weighted by atomic mass is 16.6. The van der Waals surface area contributed by atoms with Gasteiger partial charge in [0.05, 0.1) is 18.6 Å². The number of aryl methyl sites for hydroxylation is 1. The number of carbonyl (C=O) groups is 1. The normalized spacial score (nSPS) is 34.2. The van der Waals surface area contributed by atoms with E-state index in [1.807, 2.05) is 25.1 Å². The molecular formula is C19H26O4.